The summed E-state index contributed by atoms with van der Waals surface area (Å²) in [6.45, 7) is 0. The smallest absolute Gasteiger partial charge is 0.125 e. The summed E-state index contributed by atoms with van der Waals surface area (Å²) in [4.78, 5) is 11.6. The van der Waals surface area contributed by atoms with E-state index < -0.39 is 0 Å². The van der Waals surface area contributed by atoms with Crippen molar-refractivity contribution in [3.63, 3.8) is 0 Å². The molecule has 4 unspecified atom stereocenters. The Morgan fingerprint density at radius 1 is 1.14 bits per heavy atom. The van der Waals surface area contributed by atoms with Crippen LogP contribution < -0.4 is 0 Å². The third-order valence-electron chi connectivity index (χ3n) is 2.85. The van der Waals surface area contributed by atoms with Gasteiger partial charge in [0.1, 0.15) is 6.29 Å². The molecule has 2 nitrogen and oxygen atoms in total. The Labute approximate surface area is 102 Å². The van der Waals surface area contributed by atoms with Gasteiger partial charge < -0.3 is 9.53 Å². The highest BCUT2D eigenvalue weighted by atomic mass is 79.9. The van der Waals surface area contributed by atoms with Crippen molar-refractivity contribution in [3.8, 4) is 0 Å². The van der Waals surface area contributed by atoms with E-state index in [1.54, 1.807) is 7.11 Å². The molecule has 4 atom stereocenters. The number of rotatable bonds is 2. The lowest BCUT2D eigenvalue weighted by molar-refractivity contribution is -0.121. The van der Waals surface area contributed by atoms with Crippen LogP contribution in [0.4, 0.5) is 0 Å². The van der Waals surface area contributed by atoms with E-state index in [0.717, 1.165) is 28.8 Å². The molecule has 14 heavy (non-hydrogen) atoms. The van der Waals surface area contributed by atoms with Gasteiger partial charge in [-0.15, -0.1) is 0 Å². The third kappa shape index (κ3) is 3.31. The van der Waals surface area contributed by atoms with Crippen LogP contribution in [-0.4, -0.2) is 29.2 Å². The summed E-state index contributed by atoms with van der Waals surface area (Å²) in [6.07, 6.45) is 5.97. The highest BCUT2D eigenvalue weighted by Gasteiger charge is 2.29. The quantitative estimate of drug-likeness (QED) is 0.576. The predicted molar refractivity (Wildman–Crippen MR) is 64.2 cm³/mol. The Balaban J connectivity index is 0.000000146. The molecule has 0 aromatic carbocycles. The van der Waals surface area contributed by atoms with Crippen molar-refractivity contribution in [1.29, 1.82) is 0 Å². The second-order valence-electron chi connectivity index (χ2n) is 3.76. The molecular weight excluding hydrogens is 312 g/mol. The number of carbonyl (C=O) groups is 1. The van der Waals surface area contributed by atoms with Crippen LogP contribution in [-0.2, 0) is 9.53 Å². The number of hydrogen-bond acceptors (Lipinski definition) is 2. The molecule has 2 rings (SSSR count). The van der Waals surface area contributed by atoms with Crippen molar-refractivity contribution in [2.24, 2.45) is 5.92 Å². The zero-order valence-corrected chi connectivity index (χ0v) is 11.5. The lowest BCUT2D eigenvalue weighted by atomic mass is 9.83. The van der Waals surface area contributed by atoms with Gasteiger partial charge in [0.2, 0.25) is 0 Å². The van der Waals surface area contributed by atoms with Crippen molar-refractivity contribution >= 4 is 38.1 Å². The van der Waals surface area contributed by atoms with E-state index in [1.165, 1.54) is 12.8 Å². The fourth-order valence-electron chi connectivity index (χ4n) is 1.36. The van der Waals surface area contributed by atoms with Crippen molar-refractivity contribution < 1.29 is 9.53 Å². The number of carbonyl (C=O) groups excluding carboxylic acids is 1. The lowest BCUT2D eigenvalue weighted by Gasteiger charge is -2.30. The van der Waals surface area contributed by atoms with E-state index in [9.17, 15) is 4.79 Å². The number of aldehydes is 1. The topological polar surface area (TPSA) is 26.3 Å². The average Bonchev–Trinajstić information content (AvgIpc) is 2.16. The molecule has 0 bridgehead atoms. The van der Waals surface area contributed by atoms with Crippen LogP contribution in [0, 0.1) is 5.92 Å². The molecule has 0 aromatic rings. The van der Waals surface area contributed by atoms with Crippen molar-refractivity contribution in [3.05, 3.63) is 0 Å². The molecule has 82 valence electrons. The first-order valence-corrected chi connectivity index (χ1v) is 6.78. The SMILES string of the molecule is BrC1CCC1Br.COC1CCC1C=O. The molecule has 0 radical (unpaired) electrons. The van der Waals surface area contributed by atoms with Crippen LogP contribution in [0.15, 0.2) is 0 Å². The summed E-state index contributed by atoms with van der Waals surface area (Å²) in [6, 6.07) is 0. The van der Waals surface area contributed by atoms with Crippen molar-refractivity contribution in [2.75, 3.05) is 7.11 Å². The Kier molecular flexibility index (Phi) is 5.64. The van der Waals surface area contributed by atoms with Crippen LogP contribution in [0.2, 0.25) is 0 Å². The summed E-state index contributed by atoms with van der Waals surface area (Å²) in [5.41, 5.74) is 0. The maximum atomic E-state index is 10.1. The first kappa shape index (κ1) is 12.7. The van der Waals surface area contributed by atoms with Crippen LogP contribution >= 0.6 is 31.9 Å². The molecule has 0 N–H and O–H groups in total. The van der Waals surface area contributed by atoms with E-state index in [2.05, 4.69) is 31.9 Å². The van der Waals surface area contributed by atoms with Gasteiger partial charge in [0.25, 0.3) is 0 Å². The zero-order valence-electron chi connectivity index (χ0n) is 8.29. The number of halogens is 2. The average molecular weight is 328 g/mol. The minimum atomic E-state index is 0.194. The highest BCUT2D eigenvalue weighted by Crippen LogP contribution is 2.32. The fraction of sp³-hybridized carbons (Fsp3) is 0.900. The molecule has 2 aliphatic carbocycles. The van der Waals surface area contributed by atoms with Gasteiger partial charge in [0, 0.05) is 22.7 Å². The Morgan fingerprint density at radius 3 is 1.79 bits per heavy atom. The van der Waals surface area contributed by atoms with Gasteiger partial charge in [-0.05, 0) is 25.7 Å². The van der Waals surface area contributed by atoms with E-state index in [0.29, 0.717) is 0 Å². The fourth-order valence-corrected chi connectivity index (χ4v) is 2.42. The van der Waals surface area contributed by atoms with Crippen molar-refractivity contribution in [1.82, 2.24) is 0 Å². The van der Waals surface area contributed by atoms with Gasteiger partial charge >= 0.3 is 0 Å². The van der Waals surface area contributed by atoms with Gasteiger partial charge in [-0.2, -0.15) is 0 Å². The third-order valence-corrected chi connectivity index (χ3v) is 5.75. The summed E-state index contributed by atoms with van der Waals surface area (Å²) >= 11 is 6.96. The van der Waals surface area contributed by atoms with E-state index in [-0.39, 0.29) is 12.0 Å². The minimum absolute atomic E-state index is 0.194. The highest BCUT2D eigenvalue weighted by molar-refractivity contribution is 9.12. The molecule has 0 aliphatic heterocycles. The second-order valence-corrected chi connectivity index (χ2v) is 6.11. The minimum Gasteiger partial charge on any atom is -0.381 e. The van der Waals surface area contributed by atoms with Crippen LogP contribution in [0.3, 0.4) is 0 Å². The van der Waals surface area contributed by atoms with Gasteiger partial charge in [-0.1, -0.05) is 31.9 Å². The Hall–Kier alpha value is 0.590. The zero-order chi connectivity index (χ0) is 10.6. The number of hydrogen-bond donors (Lipinski definition) is 0. The van der Waals surface area contributed by atoms with Gasteiger partial charge in [0.15, 0.2) is 0 Å². The van der Waals surface area contributed by atoms with Crippen LogP contribution in [0.5, 0.6) is 0 Å². The maximum absolute atomic E-state index is 10.1. The molecule has 4 heteroatoms. The molecule has 0 heterocycles. The standard InChI is InChI=1S/C6H10O2.C4H6Br2/c1-8-6-3-2-5(6)4-7;5-3-1-2-4(3)6/h4-6H,2-3H2,1H3;3-4H,1-2H2. The first-order chi connectivity index (χ1) is 6.69. The van der Waals surface area contributed by atoms with Gasteiger partial charge in [-0.3, -0.25) is 0 Å². The summed E-state index contributed by atoms with van der Waals surface area (Å²) in [7, 11) is 1.65. The largest absolute Gasteiger partial charge is 0.381 e. The first-order valence-electron chi connectivity index (χ1n) is 4.95. The lowest BCUT2D eigenvalue weighted by Crippen LogP contribution is -2.33. The predicted octanol–water partition coefficient (Wildman–Crippen LogP) is 2.92. The maximum Gasteiger partial charge on any atom is 0.125 e. The summed E-state index contributed by atoms with van der Waals surface area (Å²) in [5, 5.41) is 0. The van der Waals surface area contributed by atoms with E-state index >= 15 is 0 Å². The van der Waals surface area contributed by atoms with Gasteiger partial charge in [-0.25, -0.2) is 0 Å². The van der Waals surface area contributed by atoms with Crippen LogP contribution in [0.25, 0.3) is 0 Å². The number of alkyl halides is 2. The van der Waals surface area contributed by atoms with Crippen molar-refractivity contribution in [2.45, 2.75) is 41.4 Å². The molecule has 2 saturated carbocycles. The number of ether oxygens (including phenoxy) is 1. The molecule has 2 fully saturated rings. The summed E-state index contributed by atoms with van der Waals surface area (Å²) < 4.78 is 4.96. The van der Waals surface area contributed by atoms with E-state index in [4.69, 9.17) is 4.74 Å². The molecule has 0 amide bonds. The number of methoxy groups -OCH3 is 1. The monoisotopic (exact) mass is 326 g/mol. The molecule has 0 saturated heterocycles. The van der Waals surface area contributed by atoms with Crippen LogP contribution in [0.1, 0.15) is 25.7 Å². The normalized spacial score (nSPS) is 39.9. The Morgan fingerprint density at radius 2 is 1.71 bits per heavy atom. The second kappa shape index (κ2) is 6.23. The molecule has 0 aromatic heterocycles. The summed E-state index contributed by atoms with van der Waals surface area (Å²) in [5.74, 6) is 0.194. The molecular formula is C10H16Br2O2. The molecule has 0 spiro atoms. The van der Waals surface area contributed by atoms with Gasteiger partial charge in [0.05, 0.1) is 6.10 Å². The van der Waals surface area contributed by atoms with E-state index in [1.807, 2.05) is 0 Å². The Bertz CT molecular complexity index is 177. The molecule has 2 aliphatic rings.